The highest BCUT2D eigenvalue weighted by Gasteiger charge is 2.10. The summed E-state index contributed by atoms with van der Waals surface area (Å²) in [6, 6.07) is 31.7. The van der Waals surface area contributed by atoms with Crippen molar-refractivity contribution in [1.29, 1.82) is 0 Å². The minimum atomic E-state index is 0.428. The number of aromatic nitrogens is 2. The van der Waals surface area contributed by atoms with Gasteiger partial charge in [0.1, 0.15) is 19.0 Å². The van der Waals surface area contributed by atoms with E-state index in [0.717, 1.165) is 46.3 Å². The van der Waals surface area contributed by atoms with Gasteiger partial charge in [0, 0.05) is 30.2 Å². The molecule has 226 valence electrons. The van der Waals surface area contributed by atoms with Gasteiger partial charge in [-0.25, -0.2) is 9.97 Å². The molecule has 0 aliphatic carbocycles. The van der Waals surface area contributed by atoms with Gasteiger partial charge in [-0.1, -0.05) is 84.4 Å². The van der Waals surface area contributed by atoms with Crippen molar-refractivity contribution in [2.24, 2.45) is 5.73 Å². The Bertz CT molecular complexity index is 1650. The number of nitrogens with one attached hydrogen (secondary N) is 1. The Morgan fingerprint density at radius 2 is 1.43 bits per heavy atom. The first kappa shape index (κ1) is 31.0. The Kier molecular flexibility index (Phi) is 11.6. The summed E-state index contributed by atoms with van der Waals surface area (Å²) < 4.78 is 18.0. The summed E-state index contributed by atoms with van der Waals surface area (Å²) in [5.74, 6) is 2.66. The minimum Gasteiger partial charge on any atom is -0.485 e. The summed E-state index contributed by atoms with van der Waals surface area (Å²) in [5.41, 5.74) is 9.39. The number of hydrogen-bond donors (Lipinski definition) is 2. The van der Waals surface area contributed by atoms with Crippen molar-refractivity contribution in [3.63, 3.8) is 0 Å². The molecule has 0 atom stereocenters. The molecule has 0 bridgehead atoms. The molecule has 0 radical (unpaired) electrons. The SMILES string of the molecule is NCCCOCCCNc1nc(C=Cc2ccc(OCc3ccccc3)c(OCc3ccccc3)c2)nc2cc(Cl)ccc12. The van der Waals surface area contributed by atoms with E-state index in [1.807, 2.05) is 109 Å². The third-order valence-electron chi connectivity index (χ3n) is 6.79. The highest BCUT2D eigenvalue weighted by Crippen LogP contribution is 2.31. The molecule has 0 saturated heterocycles. The van der Waals surface area contributed by atoms with Gasteiger partial charge in [0.05, 0.1) is 5.52 Å². The van der Waals surface area contributed by atoms with Crippen LogP contribution in [0, 0.1) is 0 Å². The molecule has 44 heavy (non-hydrogen) atoms. The fraction of sp³-hybridized carbons (Fsp3) is 0.222. The van der Waals surface area contributed by atoms with Crippen molar-refractivity contribution in [2.75, 3.05) is 31.6 Å². The first-order valence-corrected chi connectivity index (χ1v) is 15.2. The van der Waals surface area contributed by atoms with Crippen LogP contribution in [0.25, 0.3) is 23.1 Å². The lowest BCUT2D eigenvalue weighted by Crippen LogP contribution is -2.10. The summed E-state index contributed by atoms with van der Waals surface area (Å²) in [5, 5.41) is 4.97. The second-order valence-corrected chi connectivity index (χ2v) is 10.7. The van der Waals surface area contributed by atoms with Gasteiger partial charge in [-0.3, -0.25) is 0 Å². The zero-order valence-corrected chi connectivity index (χ0v) is 25.4. The molecule has 0 aliphatic rings. The molecule has 8 heteroatoms. The number of halogens is 1. The first-order chi connectivity index (χ1) is 21.7. The van der Waals surface area contributed by atoms with Gasteiger partial charge in [-0.05, 0) is 72.5 Å². The number of fused-ring (bicyclic) bond motifs is 1. The Labute approximate surface area is 263 Å². The van der Waals surface area contributed by atoms with E-state index in [1.54, 1.807) is 0 Å². The van der Waals surface area contributed by atoms with Crippen LogP contribution < -0.4 is 20.5 Å². The van der Waals surface area contributed by atoms with E-state index in [-0.39, 0.29) is 0 Å². The largest absolute Gasteiger partial charge is 0.485 e. The van der Waals surface area contributed by atoms with E-state index in [4.69, 9.17) is 41.5 Å². The van der Waals surface area contributed by atoms with Crippen molar-refractivity contribution in [3.05, 3.63) is 125 Å². The van der Waals surface area contributed by atoms with Crippen LogP contribution in [0.15, 0.2) is 97.1 Å². The van der Waals surface area contributed by atoms with E-state index in [1.165, 1.54) is 0 Å². The molecule has 0 aliphatic heterocycles. The quantitative estimate of drug-likeness (QED) is 0.111. The van der Waals surface area contributed by atoms with Crippen LogP contribution in [0.5, 0.6) is 11.5 Å². The Balaban J connectivity index is 1.34. The van der Waals surface area contributed by atoms with E-state index < -0.39 is 0 Å². The third-order valence-corrected chi connectivity index (χ3v) is 7.03. The number of rotatable bonds is 16. The molecule has 0 fully saturated rings. The molecular weight excluding hydrogens is 572 g/mol. The number of anilines is 1. The summed E-state index contributed by atoms with van der Waals surface area (Å²) in [7, 11) is 0. The van der Waals surface area contributed by atoms with Crippen molar-refractivity contribution in [3.8, 4) is 11.5 Å². The maximum absolute atomic E-state index is 6.30. The standard InChI is InChI=1S/C36H37ClN4O3/c37-30-15-16-31-32(24-30)40-35(41-36(31)39-20-8-22-42-21-7-19-38)18-14-27-13-17-33(43-25-28-9-3-1-4-10-28)34(23-27)44-26-29-11-5-2-6-12-29/h1-6,9-18,23-24H,7-8,19-22,25-26,38H2,(H,39,40,41). The minimum absolute atomic E-state index is 0.428. The monoisotopic (exact) mass is 608 g/mol. The molecule has 0 unspecified atom stereocenters. The zero-order chi connectivity index (χ0) is 30.4. The molecule has 5 aromatic rings. The maximum atomic E-state index is 6.30. The fourth-order valence-electron chi connectivity index (χ4n) is 4.50. The van der Waals surface area contributed by atoms with Gasteiger partial charge >= 0.3 is 0 Å². The normalized spacial score (nSPS) is 11.2. The van der Waals surface area contributed by atoms with E-state index in [2.05, 4.69) is 5.32 Å². The number of nitrogens with zero attached hydrogens (tertiary/aromatic N) is 2. The summed E-state index contributed by atoms with van der Waals surface area (Å²) in [6.45, 7) is 3.57. The molecule has 4 aromatic carbocycles. The van der Waals surface area contributed by atoms with Gasteiger partial charge in [0.15, 0.2) is 17.3 Å². The van der Waals surface area contributed by atoms with E-state index in [9.17, 15) is 0 Å². The van der Waals surface area contributed by atoms with Crippen molar-refractivity contribution in [1.82, 2.24) is 9.97 Å². The molecule has 5 rings (SSSR count). The van der Waals surface area contributed by atoms with Gasteiger partial charge < -0.3 is 25.3 Å². The van der Waals surface area contributed by atoms with Crippen LogP contribution in [-0.4, -0.2) is 36.3 Å². The molecule has 0 spiro atoms. The van der Waals surface area contributed by atoms with Crippen molar-refractivity contribution in [2.45, 2.75) is 26.1 Å². The van der Waals surface area contributed by atoms with E-state index >= 15 is 0 Å². The summed E-state index contributed by atoms with van der Waals surface area (Å²) in [4.78, 5) is 9.56. The highest BCUT2D eigenvalue weighted by molar-refractivity contribution is 6.31. The average molecular weight is 609 g/mol. The highest BCUT2D eigenvalue weighted by atomic mass is 35.5. The summed E-state index contributed by atoms with van der Waals surface area (Å²) in [6.07, 6.45) is 5.57. The molecular formula is C36H37ClN4O3. The predicted octanol–water partition coefficient (Wildman–Crippen LogP) is 7.78. The van der Waals surface area contributed by atoms with Crippen LogP contribution in [-0.2, 0) is 18.0 Å². The average Bonchev–Trinajstić information content (AvgIpc) is 3.06. The Hall–Kier alpha value is -4.43. The Morgan fingerprint density at radius 3 is 2.16 bits per heavy atom. The lowest BCUT2D eigenvalue weighted by molar-refractivity contribution is 0.133. The predicted molar refractivity (Wildman–Crippen MR) is 179 cm³/mol. The molecule has 7 nitrogen and oxygen atoms in total. The van der Waals surface area contributed by atoms with Gasteiger partial charge in [0.25, 0.3) is 0 Å². The van der Waals surface area contributed by atoms with Gasteiger partial charge in [-0.15, -0.1) is 0 Å². The van der Waals surface area contributed by atoms with Crippen molar-refractivity contribution < 1.29 is 14.2 Å². The number of benzene rings is 4. The van der Waals surface area contributed by atoms with Crippen LogP contribution in [0.3, 0.4) is 0 Å². The second kappa shape index (κ2) is 16.4. The molecule has 3 N–H and O–H groups in total. The molecule has 1 heterocycles. The number of hydrogen-bond acceptors (Lipinski definition) is 7. The van der Waals surface area contributed by atoms with Crippen LogP contribution in [0.1, 0.15) is 35.4 Å². The maximum Gasteiger partial charge on any atom is 0.162 e. The van der Waals surface area contributed by atoms with Crippen molar-refractivity contribution >= 4 is 40.5 Å². The van der Waals surface area contributed by atoms with Gasteiger partial charge in [-0.2, -0.15) is 0 Å². The lowest BCUT2D eigenvalue weighted by Gasteiger charge is -2.14. The van der Waals surface area contributed by atoms with Crippen LogP contribution in [0.2, 0.25) is 5.02 Å². The molecule has 1 aromatic heterocycles. The first-order valence-electron chi connectivity index (χ1n) is 14.8. The van der Waals surface area contributed by atoms with Crippen LogP contribution >= 0.6 is 11.6 Å². The zero-order valence-electron chi connectivity index (χ0n) is 24.6. The number of nitrogens with two attached hydrogens (primary N) is 1. The number of ether oxygens (including phenoxy) is 3. The van der Waals surface area contributed by atoms with Crippen LogP contribution in [0.4, 0.5) is 5.82 Å². The second-order valence-electron chi connectivity index (χ2n) is 10.2. The van der Waals surface area contributed by atoms with E-state index in [0.29, 0.717) is 61.9 Å². The topological polar surface area (TPSA) is 91.5 Å². The molecule has 0 saturated carbocycles. The third kappa shape index (κ3) is 9.28. The lowest BCUT2D eigenvalue weighted by atomic mass is 10.1. The Morgan fingerprint density at radius 1 is 0.727 bits per heavy atom. The fourth-order valence-corrected chi connectivity index (χ4v) is 4.67. The van der Waals surface area contributed by atoms with Gasteiger partial charge in [0.2, 0.25) is 0 Å². The summed E-state index contributed by atoms with van der Waals surface area (Å²) >= 11 is 6.30. The smallest absolute Gasteiger partial charge is 0.162 e. The molecule has 0 amide bonds.